The summed E-state index contributed by atoms with van der Waals surface area (Å²) in [5.74, 6) is -0.803. The number of para-hydroxylation sites is 1. The lowest BCUT2D eigenvalue weighted by atomic mass is 10.3. The number of nitrogens with zero attached hydrogens (tertiary/aromatic N) is 2. The van der Waals surface area contributed by atoms with Crippen LogP contribution < -0.4 is 4.90 Å². The fourth-order valence-electron chi connectivity index (χ4n) is 1.58. The molecule has 0 bridgehead atoms. The summed E-state index contributed by atoms with van der Waals surface area (Å²) in [5, 5.41) is 0. The fraction of sp³-hybridized carbons (Fsp3) is 0.182. The predicted octanol–water partition coefficient (Wildman–Crippen LogP) is 1.00. The van der Waals surface area contributed by atoms with Gasteiger partial charge in [-0.1, -0.05) is 18.2 Å². The smallest absolute Gasteiger partial charge is 0.275 e. The van der Waals surface area contributed by atoms with Crippen molar-refractivity contribution < 1.29 is 14.4 Å². The third-order valence-electron chi connectivity index (χ3n) is 2.36. The van der Waals surface area contributed by atoms with Crippen LogP contribution in [-0.2, 0) is 9.59 Å². The van der Waals surface area contributed by atoms with Gasteiger partial charge in [-0.05, 0) is 12.1 Å². The van der Waals surface area contributed by atoms with Gasteiger partial charge in [0.1, 0.15) is 6.54 Å². The second-order valence-corrected chi connectivity index (χ2v) is 3.45. The summed E-state index contributed by atoms with van der Waals surface area (Å²) in [6, 6.07) is 7.97. The van der Waals surface area contributed by atoms with E-state index >= 15 is 0 Å². The van der Waals surface area contributed by atoms with Crippen LogP contribution in [-0.4, -0.2) is 29.3 Å². The molecule has 5 heteroatoms. The number of urea groups is 1. The minimum Gasteiger partial charge on any atom is -0.275 e. The predicted molar refractivity (Wildman–Crippen MR) is 56.7 cm³/mol. The topological polar surface area (TPSA) is 57.7 Å². The van der Waals surface area contributed by atoms with E-state index in [1.54, 1.807) is 30.3 Å². The van der Waals surface area contributed by atoms with E-state index in [0.717, 1.165) is 9.80 Å². The first-order valence-corrected chi connectivity index (χ1v) is 4.81. The van der Waals surface area contributed by atoms with Crippen molar-refractivity contribution in [2.24, 2.45) is 0 Å². The van der Waals surface area contributed by atoms with Crippen molar-refractivity contribution in [2.75, 3.05) is 11.4 Å². The molecule has 0 N–H and O–H groups in total. The molecule has 1 aliphatic heterocycles. The summed E-state index contributed by atoms with van der Waals surface area (Å²) in [4.78, 5) is 36.4. The highest BCUT2D eigenvalue weighted by molar-refractivity contribution is 6.23. The molecule has 1 saturated heterocycles. The first-order valence-electron chi connectivity index (χ1n) is 4.81. The second kappa shape index (κ2) is 3.77. The van der Waals surface area contributed by atoms with Gasteiger partial charge < -0.3 is 0 Å². The maximum atomic E-state index is 11.8. The number of hydrogen-bond donors (Lipinski definition) is 0. The zero-order valence-corrected chi connectivity index (χ0v) is 8.71. The maximum Gasteiger partial charge on any atom is 0.338 e. The van der Waals surface area contributed by atoms with Gasteiger partial charge in [0.05, 0.1) is 5.69 Å². The van der Waals surface area contributed by atoms with Gasteiger partial charge in [-0.15, -0.1) is 0 Å². The lowest BCUT2D eigenvalue weighted by molar-refractivity contribution is -0.128. The Kier molecular flexibility index (Phi) is 2.44. The van der Waals surface area contributed by atoms with E-state index in [2.05, 4.69) is 0 Å². The maximum absolute atomic E-state index is 11.8. The van der Waals surface area contributed by atoms with Gasteiger partial charge in [-0.3, -0.25) is 14.5 Å². The molecule has 0 spiro atoms. The molecule has 1 aliphatic rings. The zero-order valence-electron chi connectivity index (χ0n) is 8.71. The normalized spacial score (nSPS) is 15.8. The Morgan fingerprint density at radius 1 is 1.19 bits per heavy atom. The Morgan fingerprint density at radius 3 is 2.31 bits per heavy atom. The molecule has 0 unspecified atom stereocenters. The number of anilines is 1. The lowest BCUT2D eigenvalue weighted by Crippen LogP contribution is -2.35. The van der Waals surface area contributed by atoms with Crippen LogP contribution in [0.1, 0.15) is 6.92 Å². The van der Waals surface area contributed by atoms with Crippen LogP contribution in [0.2, 0.25) is 0 Å². The van der Waals surface area contributed by atoms with Crippen LogP contribution in [0.5, 0.6) is 0 Å². The Labute approximate surface area is 92.3 Å². The van der Waals surface area contributed by atoms with Crippen LogP contribution in [0.25, 0.3) is 0 Å². The molecular weight excluding hydrogens is 208 g/mol. The van der Waals surface area contributed by atoms with Crippen molar-refractivity contribution in [3.63, 3.8) is 0 Å². The molecule has 0 saturated carbocycles. The highest BCUT2D eigenvalue weighted by Gasteiger charge is 2.39. The number of benzene rings is 1. The van der Waals surface area contributed by atoms with Gasteiger partial charge in [0.15, 0.2) is 0 Å². The van der Waals surface area contributed by atoms with E-state index in [1.807, 2.05) is 0 Å². The van der Waals surface area contributed by atoms with Gasteiger partial charge in [0.25, 0.3) is 5.91 Å². The van der Waals surface area contributed by atoms with Crippen LogP contribution >= 0.6 is 0 Å². The summed E-state index contributed by atoms with van der Waals surface area (Å²) in [6.45, 7) is 1.09. The average molecular weight is 218 g/mol. The van der Waals surface area contributed by atoms with E-state index in [9.17, 15) is 14.4 Å². The van der Waals surface area contributed by atoms with E-state index < -0.39 is 11.9 Å². The average Bonchev–Trinajstić information content (AvgIpc) is 2.56. The number of carbonyl (C=O) groups excluding carboxylic acids is 3. The highest BCUT2D eigenvalue weighted by atomic mass is 16.2. The molecule has 1 aromatic carbocycles. The number of carbonyl (C=O) groups is 3. The van der Waals surface area contributed by atoms with Crippen LogP contribution in [0.4, 0.5) is 10.5 Å². The first-order chi connectivity index (χ1) is 7.61. The molecule has 0 aromatic heterocycles. The number of imide groups is 2. The van der Waals surface area contributed by atoms with Gasteiger partial charge in [-0.25, -0.2) is 9.69 Å². The molecular formula is C11H10N2O3. The quantitative estimate of drug-likeness (QED) is 0.661. The lowest BCUT2D eigenvalue weighted by Gasteiger charge is -2.14. The van der Waals surface area contributed by atoms with E-state index in [-0.39, 0.29) is 12.5 Å². The van der Waals surface area contributed by atoms with Crippen molar-refractivity contribution in [1.82, 2.24) is 4.90 Å². The summed E-state index contributed by atoms with van der Waals surface area (Å²) >= 11 is 0. The molecule has 2 rings (SSSR count). The van der Waals surface area contributed by atoms with Crippen molar-refractivity contribution in [2.45, 2.75) is 6.92 Å². The van der Waals surface area contributed by atoms with Crippen molar-refractivity contribution in [3.8, 4) is 0 Å². The molecule has 5 nitrogen and oxygen atoms in total. The standard InChI is InChI=1S/C11H10N2O3/c1-8(14)12-7-10(15)13(11(12)16)9-5-3-2-4-6-9/h2-6H,7H2,1H3. The largest absolute Gasteiger partial charge is 0.338 e. The van der Waals surface area contributed by atoms with Crippen LogP contribution in [0.3, 0.4) is 0 Å². The third-order valence-corrected chi connectivity index (χ3v) is 2.36. The fourth-order valence-corrected chi connectivity index (χ4v) is 1.58. The van der Waals surface area contributed by atoms with Crippen molar-refractivity contribution in [3.05, 3.63) is 30.3 Å². The number of rotatable bonds is 1. The summed E-state index contributed by atoms with van der Waals surface area (Å²) in [6.07, 6.45) is 0. The van der Waals surface area contributed by atoms with Gasteiger partial charge in [-0.2, -0.15) is 0 Å². The van der Waals surface area contributed by atoms with E-state index in [4.69, 9.17) is 0 Å². The van der Waals surface area contributed by atoms with Crippen molar-refractivity contribution >= 4 is 23.5 Å². The van der Waals surface area contributed by atoms with Gasteiger partial charge >= 0.3 is 6.03 Å². The molecule has 1 heterocycles. The number of amides is 4. The molecule has 0 atom stereocenters. The third kappa shape index (κ3) is 1.56. The van der Waals surface area contributed by atoms with Crippen molar-refractivity contribution in [1.29, 1.82) is 0 Å². The Morgan fingerprint density at radius 2 is 1.81 bits per heavy atom. The molecule has 0 aliphatic carbocycles. The number of hydrogen-bond acceptors (Lipinski definition) is 3. The second-order valence-electron chi connectivity index (χ2n) is 3.45. The summed E-state index contributed by atoms with van der Waals surface area (Å²) in [5.41, 5.74) is 0.487. The Balaban J connectivity index is 2.34. The first kappa shape index (κ1) is 10.4. The minimum atomic E-state index is -0.580. The van der Waals surface area contributed by atoms with Crippen LogP contribution in [0, 0.1) is 0 Å². The van der Waals surface area contributed by atoms with E-state index in [1.165, 1.54) is 6.92 Å². The monoisotopic (exact) mass is 218 g/mol. The molecule has 4 amide bonds. The molecule has 16 heavy (non-hydrogen) atoms. The summed E-state index contributed by atoms with van der Waals surface area (Å²) in [7, 11) is 0. The summed E-state index contributed by atoms with van der Waals surface area (Å²) < 4.78 is 0. The highest BCUT2D eigenvalue weighted by Crippen LogP contribution is 2.20. The Hall–Kier alpha value is -2.17. The molecule has 0 radical (unpaired) electrons. The molecule has 1 fully saturated rings. The Bertz CT molecular complexity index is 456. The van der Waals surface area contributed by atoms with Gasteiger partial charge in [0, 0.05) is 6.92 Å². The van der Waals surface area contributed by atoms with Gasteiger partial charge in [0.2, 0.25) is 5.91 Å². The molecule has 82 valence electrons. The zero-order chi connectivity index (χ0) is 11.7. The molecule has 1 aromatic rings. The van der Waals surface area contributed by atoms with E-state index in [0.29, 0.717) is 5.69 Å². The minimum absolute atomic E-state index is 0.178. The SMILES string of the molecule is CC(=O)N1CC(=O)N(c2ccccc2)C1=O. The van der Waals surface area contributed by atoms with Crippen LogP contribution in [0.15, 0.2) is 30.3 Å².